The zero-order valence-electron chi connectivity index (χ0n) is 19.9. The van der Waals surface area contributed by atoms with Crippen molar-refractivity contribution in [2.24, 2.45) is 0 Å². The number of hydrogen-bond donors (Lipinski definition) is 1. The van der Waals surface area contributed by atoms with Gasteiger partial charge in [0.05, 0.1) is 40.9 Å². The maximum atomic E-state index is 14.1. The summed E-state index contributed by atoms with van der Waals surface area (Å²) in [6, 6.07) is 2.53. The molecule has 198 valence electrons. The third-order valence-corrected chi connectivity index (χ3v) is 7.04. The number of rotatable bonds is 5. The quantitative estimate of drug-likeness (QED) is 0.315. The van der Waals surface area contributed by atoms with Gasteiger partial charge in [0.25, 0.3) is 0 Å². The Hall–Kier alpha value is -4.46. The van der Waals surface area contributed by atoms with E-state index in [4.69, 9.17) is 11.6 Å². The lowest BCUT2D eigenvalue weighted by molar-refractivity contribution is -0.117. The second-order valence-corrected chi connectivity index (χ2v) is 9.54. The lowest BCUT2D eigenvalue weighted by Crippen LogP contribution is -2.25. The van der Waals surface area contributed by atoms with Gasteiger partial charge in [0, 0.05) is 35.0 Å². The van der Waals surface area contributed by atoms with Gasteiger partial charge in [-0.15, -0.1) is 5.10 Å². The fourth-order valence-electron chi connectivity index (χ4n) is 4.96. The van der Waals surface area contributed by atoms with Crippen molar-refractivity contribution in [3.05, 3.63) is 83.1 Å². The van der Waals surface area contributed by atoms with E-state index in [0.717, 1.165) is 18.6 Å². The van der Waals surface area contributed by atoms with Crippen molar-refractivity contribution in [3.63, 3.8) is 0 Å². The first-order chi connectivity index (χ1) is 18.7. The van der Waals surface area contributed by atoms with Crippen LogP contribution in [0.4, 0.5) is 23.2 Å². The number of amides is 1. The van der Waals surface area contributed by atoms with Crippen molar-refractivity contribution in [2.75, 3.05) is 5.32 Å². The molecular weight excluding hydrogens is 542 g/mol. The summed E-state index contributed by atoms with van der Waals surface area (Å²) in [6.45, 7) is -1.12. The van der Waals surface area contributed by atoms with Crippen LogP contribution < -0.4 is 5.32 Å². The number of halogens is 5. The number of aromatic nitrogens is 8. The van der Waals surface area contributed by atoms with E-state index in [0.29, 0.717) is 21.5 Å². The van der Waals surface area contributed by atoms with Crippen LogP contribution in [0.25, 0.3) is 17.0 Å². The summed E-state index contributed by atoms with van der Waals surface area (Å²) in [5.74, 6) is -2.81. The van der Waals surface area contributed by atoms with Crippen LogP contribution in [0.3, 0.4) is 0 Å². The summed E-state index contributed by atoms with van der Waals surface area (Å²) in [6.07, 6.45) is 7.48. The fourth-order valence-corrected chi connectivity index (χ4v) is 5.21. The first-order valence-corrected chi connectivity index (χ1v) is 11.8. The average molecular weight is 558 g/mol. The highest BCUT2D eigenvalue weighted by atomic mass is 35.5. The summed E-state index contributed by atoms with van der Waals surface area (Å²) in [5.41, 5.74) is 0.602. The Morgan fingerprint density at radius 1 is 1.13 bits per heavy atom. The number of hydrogen-bond acceptors (Lipinski definition) is 7. The molecule has 0 unspecified atom stereocenters. The Morgan fingerprint density at radius 3 is 2.67 bits per heavy atom. The van der Waals surface area contributed by atoms with Gasteiger partial charge in [-0.3, -0.25) is 9.78 Å². The number of alkyl halides is 2. The second kappa shape index (κ2) is 9.08. The maximum absolute atomic E-state index is 14.1. The van der Waals surface area contributed by atoms with Crippen LogP contribution in [-0.2, 0) is 10.2 Å². The summed E-state index contributed by atoms with van der Waals surface area (Å²) >= 11 is 6.31. The van der Waals surface area contributed by atoms with Gasteiger partial charge in [-0.25, -0.2) is 28.5 Å². The third kappa shape index (κ3) is 4.07. The molecule has 0 aromatic carbocycles. The number of carbonyl (C=O) groups is 1. The number of anilines is 1. The molecular formula is C24H16ClF4N9O. The first-order valence-electron chi connectivity index (χ1n) is 11.5. The molecule has 39 heavy (non-hydrogen) atoms. The molecule has 10 nitrogen and oxygen atoms in total. The minimum Gasteiger partial charge on any atom is -0.324 e. The van der Waals surface area contributed by atoms with Crippen LogP contribution in [0.5, 0.6) is 0 Å². The zero-order valence-corrected chi connectivity index (χ0v) is 20.6. The van der Waals surface area contributed by atoms with Gasteiger partial charge >= 0.3 is 6.55 Å². The van der Waals surface area contributed by atoms with E-state index in [-0.39, 0.29) is 34.2 Å². The maximum Gasteiger partial charge on any atom is 0.333 e. The monoisotopic (exact) mass is 557 g/mol. The Morgan fingerprint density at radius 2 is 1.95 bits per heavy atom. The molecule has 0 radical (unpaired) electrons. The lowest BCUT2D eigenvalue weighted by atomic mass is 9.80. The fraction of sp³-hybridized carbons (Fsp3) is 0.208. The van der Waals surface area contributed by atoms with Crippen molar-refractivity contribution in [2.45, 2.75) is 31.2 Å². The van der Waals surface area contributed by atoms with Crippen molar-refractivity contribution in [3.8, 4) is 11.4 Å². The Balaban J connectivity index is 1.37. The zero-order chi connectivity index (χ0) is 27.5. The van der Waals surface area contributed by atoms with E-state index < -0.39 is 35.6 Å². The minimum atomic E-state index is -2.86. The molecule has 0 fully saturated rings. The molecule has 5 heterocycles. The molecule has 5 aromatic rings. The van der Waals surface area contributed by atoms with E-state index in [1.165, 1.54) is 35.4 Å². The highest BCUT2D eigenvalue weighted by Gasteiger charge is 2.48. The molecule has 0 aliphatic heterocycles. The molecule has 1 amide bonds. The molecule has 1 aliphatic carbocycles. The van der Waals surface area contributed by atoms with E-state index in [2.05, 4.69) is 35.5 Å². The SMILES string of the molecule is C[C@@]1(c2cnn(C(F)F)c2)C[C@@H](C(=O)Nc2cnc(-c3ncncc3F)c(Cl)c2)c2cnc3cc(F)nn3c21. The smallest absolute Gasteiger partial charge is 0.324 e. The number of fused-ring (bicyclic) bond motifs is 3. The van der Waals surface area contributed by atoms with Crippen LogP contribution in [0, 0.1) is 11.8 Å². The topological polar surface area (TPSA) is 116 Å². The normalized spacial score (nSPS) is 18.6. The minimum absolute atomic E-state index is 0.0388. The van der Waals surface area contributed by atoms with Gasteiger partial charge in [0.1, 0.15) is 17.7 Å². The van der Waals surface area contributed by atoms with Gasteiger partial charge in [0.15, 0.2) is 11.5 Å². The molecule has 1 aliphatic rings. The van der Waals surface area contributed by atoms with Gasteiger partial charge < -0.3 is 5.32 Å². The van der Waals surface area contributed by atoms with Crippen LogP contribution in [0.1, 0.15) is 42.6 Å². The van der Waals surface area contributed by atoms with Crippen LogP contribution >= 0.6 is 11.6 Å². The van der Waals surface area contributed by atoms with Crippen LogP contribution in [0.2, 0.25) is 5.02 Å². The number of nitrogens with one attached hydrogen (secondary N) is 1. The Bertz CT molecular complexity index is 1760. The standard InChI is InChI=1S/C24H16ClF4N9O/c1-24(11-5-34-37(9-11)23(28)29)4-13(14-7-31-18-3-17(27)36-38(18)21(14)24)22(39)35-12-2-15(25)19(32-6-12)20-16(26)8-30-10-33-20/h2-3,5-10,13,23H,4H2,1H3,(H,35,39)/t13-,24+/m1/s1. The Labute approximate surface area is 221 Å². The highest BCUT2D eigenvalue weighted by molar-refractivity contribution is 6.33. The van der Waals surface area contributed by atoms with E-state index in [9.17, 15) is 22.4 Å². The average Bonchev–Trinajstić information content (AvgIpc) is 3.61. The van der Waals surface area contributed by atoms with Crippen LogP contribution in [-0.4, -0.2) is 45.2 Å². The number of pyridine rings is 1. The third-order valence-electron chi connectivity index (χ3n) is 6.75. The van der Waals surface area contributed by atoms with E-state index >= 15 is 0 Å². The number of nitrogens with zero attached hydrogens (tertiary/aromatic N) is 8. The summed E-state index contributed by atoms with van der Waals surface area (Å²) in [5, 5.41) is 10.4. The van der Waals surface area contributed by atoms with Crippen molar-refractivity contribution >= 4 is 28.8 Å². The van der Waals surface area contributed by atoms with Crippen LogP contribution in [0.15, 0.2) is 49.4 Å². The van der Waals surface area contributed by atoms with Crippen molar-refractivity contribution in [1.82, 2.24) is 39.3 Å². The van der Waals surface area contributed by atoms with Gasteiger partial charge in [0.2, 0.25) is 11.9 Å². The van der Waals surface area contributed by atoms with Crippen molar-refractivity contribution < 1.29 is 22.4 Å². The molecule has 0 saturated carbocycles. The van der Waals surface area contributed by atoms with Gasteiger partial charge in [-0.2, -0.15) is 18.3 Å². The Kier molecular flexibility index (Phi) is 5.79. The summed E-state index contributed by atoms with van der Waals surface area (Å²) < 4.78 is 56.6. The summed E-state index contributed by atoms with van der Waals surface area (Å²) in [4.78, 5) is 29.4. The second-order valence-electron chi connectivity index (χ2n) is 9.14. The molecule has 15 heteroatoms. The van der Waals surface area contributed by atoms with Gasteiger partial charge in [-0.05, 0) is 19.4 Å². The molecule has 2 atom stereocenters. The highest BCUT2D eigenvalue weighted by Crippen LogP contribution is 2.50. The summed E-state index contributed by atoms with van der Waals surface area (Å²) in [7, 11) is 0. The molecule has 5 aromatic heterocycles. The van der Waals surface area contributed by atoms with E-state index in [1.54, 1.807) is 6.92 Å². The first kappa shape index (κ1) is 24.9. The number of carbonyl (C=O) groups excluding carboxylic acids is 1. The molecule has 1 N–H and O–H groups in total. The van der Waals surface area contributed by atoms with Gasteiger partial charge in [-0.1, -0.05) is 11.6 Å². The molecule has 0 spiro atoms. The predicted molar refractivity (Wildman–Crippen MR) is 129 cm³/mol. The van der Waals surface area contributed by atoms with Crippen molar-refractivity contribution in [1.29, 1.82) is 0 Å². The largest absolute Gasteiger partial charge is 0.333 e. The molecule has 0 saturated heterocycles. The lowest BCUT2D eigenvalue weighted by Gasteiger charge is -2.24. The molecule has 0 bridgehead atoms. The predicted octanol–water partition coefficient (Wildman–Crippen LogP) is 4.54. The molecule has 6 rings (SSSR count). The van der Waals surface area contributed by atoms with E-state index in [1.807, 2.05) is 0 Å².